The lowest BCUT2D eigenvalue weighted by Crippen LogP contribution is -2.41. The molecule has 2 amide bonds. The van der Waals surface area contributed by atoms with Crippen LogP contribution < -0.4 is 11.0 Å². The Hall–Kier alpha value is -3.62. The summed E-state index contributed by atoms with van der Waals surface area (Å²) in [5.74, 6) is 0. The van der Waals surface area contributed by atoms with Gasteiger partial charge in [0, 0.05) is 25.3 Å². The van der Waals surface area contributed by atoms with Crippen molar-refractivity contribution in [3.8, 4) is 0 Å². The molecule has 3 aromatic heterocycles. The summed E-state index contributed by atoms with van der Waals surface area (Å²) < 4.78 is 53.6. The van der Waals surface area contributed by atoms with E-state index < -0.39 is 41.1 Å². The van der Waals surface area contributed by atoms with Gasteiger partial charge in [-0.3, -0.25) is 9.55 Å². The highest BCUT2D eigenvalue weighted by Gasteiger charge is 2.41. The van der Waals surface area contributed by atoms with Crippen molar-refractivity contribution in [2.75, 3.05) is 13.1 Å². The van der Waals surface area contributed by atoms with Crippen molar-refractivity contribution in [3.63, 3.8) is 0 Å². The molecule has 2 aliphatic rings. The smallest absolute Gasteiger partial charge is 0.443 e. The molecule has 1 aliphatic heterocycles. The molecule has 1 saturated heterocycles. The Bertz CT molecular complexity index is 1490. The van der Waals surface area contributed by atoms with Crippen molar-refractivity contribution < 1.29 is 32.2 Å². The van der Waals surface area contributed by atoms with Crippen LogP contribution in [0.1, 0.15) is 86.6 Å². The first-order valence-electron chi connectivity index (χ1n) is 13.4. The molecule has 222 valence electrons. The first-order chi connectivity index (χ1) is 19.3. The van der Waals surface area contributed by atoms with Gasteiger partial charge >= 0.3 is 24.1 Å². The van der Waals surface area contributed by atoms with Crippen LogP contribution in [0.25, 0.3) is 11.2 Å². The second-order valence-electron chi connectivity index (χ2n) is 11.2. The van der Waals surface area contributed by atoms with Crippen LogP contribution in [-0.4, -0.2) is 55.3 Å². The van der Waals surface area contributed by atoms with Gasteiger partial charge in [-0.1, -0.05) is 0 Å². The minimum absolute atomic E-state index is 0.00182. The van der Waals surface area contributed by atoms with E-state index in [9.17, 15) is 27.6 Å². The molecular formula is C26H31F3N6O5S. The molecule has 0 spiro atoms. The van der Waals surface area contributed by atoms with Crippen molar-refractivity contribution >= 4 is 34.7 Å². The normalized spacial score (nSPS) is 20.4. The van der Waals surface area contributed by atoms with E-state index in [0.29, 0.717) is 61.3 Å². The molecule has 0 unspecified atom stereocenters. The highest BCUT2D eigenvalue weighted by molar-refractivity contribution is 7.12. The fourth-order valence-corrected chi connectivity index (χ4v) is 6.32. The molecule has 4 heterocycles. The quantitative estimate of drug-likeness (QED) is 0.384. The first-order valence-corrected chi connectivity index (χ1v) is 14.2. The topological polar surface area (TPSA) is 131 Å². The Morgan fingerprint density at radius 3 is 2.56 bits per heavy atom. The number of nitrogens with zero attached hydrogens (tertiary/aromatic N) is 4. The molecule has 0 bridgehead atoms. The number of thiazole rings is 1. The zero-order valence-electron chi connectivity index (χ0n) is 22.8. The Morgan fingerprint density at radius 2 is 1.88 bits per heavy atom. The van der Waals surface area contributed by atoms with Crippen molar-refractivity contribution in [2.45, 2.75) is 82.8 Å². The third-order valence-corrected chi connectivity index (χ3v) is 8.25. The van der Waals surface area contributed by atoms with Gasteiger partial charge in [0.15, 0.2) is 10.7 Å². The zero-order valence-corrected chi connectivity index (χ0v) is 23.6. The summed E-state index contributed by atoms with van der Waals surface area (Å²) in [4.78, 5) is 50.6. The van der Waals surface area contributed by atoms with Crippen molar-refractivity contribution in [1.82, 2.24) is 29.7 Å². The van der Waals surface area contributed by atoms with Gasteiger partial charge in [-0.15, -0.1) is 11.3 Å². The predicted octanol–water partition coefficient (Wildman–Crippen LogP) is 5.46. The van der Waals surface area contributed by atoms with Crippen LogP contribution in [0.2, 0.25) is 0 Å². The van der Waals surface area contributed by atoms with Crippen LogP contribution in [0, 0.1) is 0 Å². The van der Waals surface area contributed by atoms with E-state index in [-0.39, 0.29) is 28.7 Å². The Morgan fingerprint density at radius 1 is 1.15 bits per heavy atom. The van der Waals surface area contributed by atoms with Crippen LogP contribution >= 0.6 is 11.3 Å². The molecule has 3 aromatic rings. The molecule has 15 heteroatoms. The van der Waals surface area contributed by atoms with E-state index in [2.05, 4.69) is 20.3 Å². The average molecular weight is 597 g/mol. The van der Waals surface area contributed by atoms with Crippen LogP contribution in [0.3, 0.4) is 0 Å². The van der Waals surface area contributed by atoms with Gasteiger partial charge in [-0.2, -0.15) is 13.2 Å². The fourth-order valence-electron chi connectivity index (χ4n) is 5.25. The molecule has 2 atom stereocenters. The number of imidazole rings is 1. The van der Waals surface area contributed by atoms with Crippen molar-refractivity contribution in [2.24, 2.45) is 0 Å². The van der Waals surface area contributed by atoms with E-state index >= 15 is 0 Å². The minimum atomic E-state index is -4.69. The van der Waals surface area contributed by atoms with Gasteiger partial charge in [-0.05, 0) is 65.0 Å². The number of amides is 2. The average Bonchev–Trinajstić information content (AvgIpc) is 3.44. The largest absolute Gasteiger partial charge is 0.444 e. The standard InChI is InChI=1S/C26H31F3N6O5S/c1-25(2,3)40-23(37)31-15-6-4-8-17(18-19(15)41-21(32-18)26(27,28)29)39-24(38)34-12-9-14(10-13-34)35-16-7-5-11-30-20(16)33-22(35)36/h5,7,11,14-15,17H,4,6,8-10,12-13H2,1-3H3,(H,31,37)(H,30,33,36)/t15-,17+/m0/s1. The van der Waals surface area contributed by atoms with Gasteiger partial charge in [0.2, 0.25) is 0 Å². The van der Waals surface area contributed by atoms with E-state index in [1.54, 1.807) is 43.7 Å². The van der Waals surface area contributed by atoms with E-state index in [0.717, 1.165) is 0 Å². The van der Waals surface area contributed by atoms with E-state index in [1.165, 1.54) is 4.90 Å². The number of aromatic amines is 1. The molecule has 0 aromatic carbocycles. The number of nitrogens with one attached hydrogen (secondary N) is 2. The monoisotopic (exact) mass is 596 g/mol. The van der Waals surface area contributed by atoms with Crippen LogP contribution in [0.4, 0.5) is 22.8 Å². The van der Waals surface area contributed by atoms with Crippen LogP contribution in [0.15, 0.2) is 23.1 Å². The summed E-state index contributed by atoms with van der Waals surface area (Å²) >= 11 is 0.439. The molecule has 1 aliphatic carbocycles. The number of carbonyl (C=O) groups excluding carboxylic acids is 2. The summed E-state index contributed by atoms with van der Waals surface area (Å²) in [6.45, 7) is 5.67. The molecule has 11 nitrogen and oxygen atoms in total. The lowest BCUT2D eigenvalue weighted by Gasteiger charge is -2.32. The Balaban J connectivity index is 1.30. The number of likely N-dealkylation sites (tertiary alicyclic amines) is 1. The highest BCUT2D eigenvalue weighted by Crippen LogP contribution is 2.44. The first kappa shape index (κ1) is 28.9. The van der Waals surface area contributed by atoms with Crippen molar-refractivity contribution in [3.05, 3.63) is 44.4 Å². The van der Waals surface area contributed by atoms with Crippen LogP contribution in [-0.2, 0) is 15.7 Å². The van der Waals surface area contributed by atoms with E-state index in [1.807, 2.05) is 0 Å². The number of alkyl halides is 3. The van der Waals surface area contributed by atoms with Gasteiger partial charge in [0.25, 0.3) is 0 Å². The lowest BCUT2D eigenvalue weighted by molar-refractivity contribution is -0.137. The summed E-state index contributed by atoms with van der Waals surface area (Å²) in [6, 6.07) is 2.63. The Kier molecular flexibility index (Phi) is 7.74. The number of aromatic nitrogens is 4. The number of pyridine rings is 1. The number of ether oxygens (including phenoxy) is 2. The predicted molar refractivity (Wildman–Crippen MR) is 142 cm³/mol. The zero-order chi connectivity index (χ0) is 29.5. The number of hydrogen-bond donors (Lipinski definition) is 2. The number of alkyl carbamates (subject to hydrolysis) is 1. The molecule has 5 rings (SSSR count). The highest BCUT2D eigenvalue weighted by atomic mass is 32.1. The summed E-state index contributed by atoms with van der Waals surface area (Å²) in [7, 11) is 0. The maximum absolute atomic E-state index is 13.6. The lowest BCUT2D eigenvalue weighted by atomic mass is 10.1. The second-order valence-corrected chi connectivity index (χ2v) is 12.2. The van der Waals surface area contributed by atoms with Gasteiger partial charge in [-0.25, -0.2) is 24.4 Å². The maximum Gasteiger partial charge on any atom is 0.443 e. The number of hydrogen-bond acceptors (Lipinski definition) is 8. The van der Waals surface area contributed by atoms with Gasteiger partial charge < -0.3 is 19.7 Å². The summed E-state index contributed by atoms with van der Waals surface area (Å²) in [6.07, 6.45) is -3.48. The summed E-state index contributed by atoms with van der Waals surface area (Å²) in [5, 5.41) is 1.60. The maximum atomic E-state index is 13.6. The van der Waals surface area contributed by atoms with Crippen LogP contribution in [0.5, 0.6) is 0 Å². The number of carbonyl (C=O) groups is 2. The second kappa shape index (κ2) is 11.0. The SMILES string of the molecule is CC(C)(C)OC(=O)N[C@H]1CCC[C@@H](OC(=O)N2CCC(n3c(=O)[nH]c4ncccc43)CC2)c2nc(C(F)(F)F)sc21. The fraction of sp³-hybridized carbons (Fsp3) is 0.577. The Labute approximate surface area is 237 Å². The number of halogens is 3. The molecule has 0 radical (unpaired) electrons. The summed E-state index contributed by atoms with van der Waals surface area (Å²) in [5.41, 5.74) is 0.117. The molecule has 0 saturated carbocycles. The number of piperidine rings is 1. The molecule has 2 N–H and O–H groups in total. The minimum Gasteiger partial charge on any atom is -0.444 e. The third kappa shape index (κ3) is 6.34. The molecule has 41 heavy (non-hydrogen) atoms. The van der Waals surface area contributed by atoms with Crippen molar-refractivity contribution in [1.29, 1.82) is 0 Å². The number of rotatable bonds is 3. The van der Waals surface area contributed by atoms with Gasteiger partial charge in [0.1, 0.15) is 11.7 Å². The molecular weight excluding hydrogens is 565 g/mol. The number of fused-ring (bicyclic) bond motifs is 2. The van der Waals surface area contributed by atoms with Gasteiger partial charge in [0.05, 0.1) is 22.1 Å². The third-order valence-electron chi connectivity index (χ3n) is 7.02. The number of H-pyrrole nitrogens is 1. The van der Waals surface area contributed by atoms with E-state index in [4.69, 9.17) is 9.47 Å². The molecule has 1 fully saturated rings.